The van der Waals surface area contributed by atoms with Gasteiger partial charge in [-0.15, -0.1) is 0 Å². The summed E-state index contributed by atoms with van der Waals surface area (Å²) in [5, 5.41) is 20.7. The normalized spacial score (nSPS) is 22.2. The number of urea groups is 1. The lowest BCUT2D eigenvalue weighted by Crippen LogP contribution is -2.49. The molecule has 0 aliphatic heterocycles. The van der Waals surface area contributed by atoms with Gasteiger partial charge in [-0.25, -0.2) is 4.79 Å². The van der Waals surface area contributed by atoms with Gasteiger partial charge in [-0.05, 0) is 12.8 Å². The number of amides is 2. The van der Waals surface area contributed by atoms with Gasteiger partial charge in [0.15, 0.2) is 0 Å². The highest BCUT2D eigenvalue weighted by Crippen LogP contribution is 2.25. The van der Waals surface area contributed by atoms with Crippen LogP contribution < -0.4 is 5.32 Å². The number of carboxylic acids is 1. The number of aliphatic hydroxyl groups is 1. The highest BCUT2D eigenvalue weighted by Gasteiger charge is 2.34. The van der Waals surface area contributed by atoms with Crippen LogP contribution in [0.5, 0.6) is 0 Å². The van der Waals surface area contributed by atoms with Gasteiger partial charge < -0.3 is 25.2 Å². The number of rotatable bonds is 7. The minimum Gasteiger partial charge on any atom is -0.481 e. The Morgan fingerprint density at radius 1 is 1.37 bits per heavy atom. The quantitative estimate of drug-likeness (QED) is 0.601. The summed E-state index contributed by atoms with van der Waals surface area (Å²) < 4.78 is 4.90. The molecule has 0 aromatic carbocycles. The molecule has 0 saturated heterocycles. The Labute approximate surface area is 112 Å². The minimum atomic E-state index is -0.867. The number of nitrogens with zero attached hydrogens (tertiary/aromatic N) is 1. The number of carboxylic acid groups (broad SMARTS) is 1. The SMILES string of the molecule is COCCN(CCO)C(=O)NC1CCCC1C(=O)O. The predicted molar refractivity (Wildman–Crippen MR) is 67.8 cm³/mol. The van der Waals surface area contributed by atoms with Gasteiger partial charge in [0, 0.05) is 26.2 Å². The molecule has 0 heterocycles. The Morgan fingerprint density at radius 2 is 2.11 bits per heavy atom. The largest absolute Gasteiger partial charge is 0.481 e. The molecule has 7 heteroatoms. The summed E-state index contributed by atoms with van der Waals surface area (Å²) in [7, 11) is 1.53. The average molecular weight is 274 g/mol. The number of carbonyl (C=O) groups is 2. The van der Waals surface area contributed by atoms with Crippen molar-refractivity contribution < 1.29 is 24.5 Å². The van der Waals surface area contributed by atoms with Crippen LogP contribution in [0.15, 0.2) is 0 Å². The topological polar surface area (TPSA) is 99.1 Å². The smallest absolute Gasteiger partial charge is 0.317 e. The lowest BCUT2D eigenvalue weighted by Gasteiger charge is -2.25. The molecule has 19 heavy (non-hydrogen) atoms. The molecule has 1 aliphatic carbocycles. The summed E-state index contributed by atoms with van der Waals surface area (Å²) in [6, 6.07) is -0.669. The first-order valence-corrected chi connectivity index (χ1v) is 6.48. The highest BCUT2D eigenvalue weighted by atomic mass is 16.5. The van der Waals surface area contributed by atoms with E-state index in [-0.39, 0.29) is 25.2 Å². The van der Waals surface area contributed by atoms with Crippen LogP contribution in [-0.2, 0) is 9.53 Å². The van der Waals surface area contributed by atoms with E-state index in [4.69, 9.17) is 14.9 Å². The third-order valence-electron chi connectivity index (χ3n) is 3.36. The molecule has 0 aromatic rings. The van der Waals surface area contributed by atoms with E-state index in [0.29, 0.717) is 26.0 Å². The van der Waals surface area contributed by atoms with E-state index in [9.17, 15) is 9.59 Å². The molecule has 1 rings (SSSR count). The number of hydrogen-bond acceptors (Lipinski definition) is 4. The monoisotopic (exact) mass is 274 g/mol. The molecule has 2 amide bonds. The predicted octanol–water partition coefficient (Wildman–Crippen LogP) is -0.110. The fraction of sp³-hybridized carbons (Fsp3) is 0.833. The van der Waals surface area contributed by atoms with Crippen LogP contribution >= 0.6 is 0 Å². The maximum atomic E-state index is 12.0. The molecule has 0 spiro atoms. The second-order valence-corrected chi connectivity index (χ2v) is 4.64. The van der Waals surface area contributed by atoms with Gasteiger partial charge in [-0.1, -0.05) is 6.42 Å². The van der Waals surface area contributed by atoms with E-state index in [1.807, 2.05) is 0 Å². The van der Waals surface area contributed by atoms with Crippen molar-refractivity contribution in [3.63, 3.8) is 0 Å². The van der Waals surface area contributed by atoms with Crippen LogP contribution in [0.3, 0.4) is 0 Å². The van der Waals surface area contributed by atoms with Crippen molar-refractivity contribution in [3.8, 4) is 0 Å². The zero-order chi connectivity index (χ0) is 14.3. The van der Waals surface area contributed by atoms with Crippen LogP contribution in [0.2, 0.25) is 0 Å². The number of hydrogen-bond donors (Lipinski definition) is 3. The summed E-state index contributed by atoms with van der Waals surface area (Å²) in [6.45, 7) is 0.817. The number of aliphatic hydroxyl groups excluding tert-OH is 1. The zero-order valence-corrected chi connectivity index (χ0v) is 11.2. The molecule has 2 atom stereocenters. The van der Waals surface area contributed by atoms with Crippen molar-refractivity contribution in [3.05, 3.63) is 0 Å². The molecule has 0 bridgehead atoms. The Kier molecular flexibility index (Phi) is 6.58. The maximum Gasteiger partial charge on any atom is 0.317 e. The number of ether oxygens (including phenoxy) is 1. The van der Waals surface area contributed by atoms with Crippen LogP contribution in [0.4, 0.5) is 4.79 Å². The molecule has 1 aliphatic rings. The van der Waals surface area contributed by atoms with Crippen molar-refractivity contribution in [1.29, 1.82) is 0 Å². The van der Waals surface area contributed by atoms with Crippen molar-refractivity contribution >= 4 is 12.0 Å². The number of nitrogens with one attached hydrogen (secondary N) is 1. The van der Waals surface area contributed by atoms with E-state index in [1.165, 1.54) is 12.0 Å². The molecule has 2 unspecified atom stereocenters. The van der Waals surface area contributed by atoms with Crippen molar-refractivity contribution in [2.24, 2.45) is 5.92 Å². The Balaban J connectivity index is 2.52. The molecular formula is C12H22N2O5. The average Bonchev–Trinajstić information content (AvgIpc) is 2.82. The molecule has 1 fully saturated rings. The van der Waals surface area contributed by atoms with E-state index in [0.717, 1.165) is 6.42 Å². The van der Waals surface area contributed by atoms with E-state index in [2.05, 4.69) is 5.32 Å². The van der Waals surface area contributed by atoms with Gasteiger partial charge in [0.25, 0.3) is 0 Å². The summed E-state index contributed by atoms with van der Waals surface area (Å²) >= 11 is 0. The van der Waals surface area contributed by atoms with Gasteiger partial charge in [-0.3, -0.25) is 4.79 Å². The van der Waals surface area contributed by atoms with Gasteiger partial charge in [0.1, 0.15) is 0 Å². The standard InChI is InChI=1S/C12H22N2O5/c1-19-8-6-14(5-7-15)12(18)13-10-4-2-3-9(10)11(16)17/h9-10,15H,2-8H2,1H3,(H,13,18)(H,16,17). The first kappa shape index (κ1) is 15.7. The molecule has 0 radical (unpaired) electrons. The van der Waals surface area contributed by atoms with Crippen molar-refractivity contribution in [1.82, 2.24) is 10.2 Å². The number of carbonyl (C=O) groups excluding carboxylic acids is 1. The molecular weight excluding hydrogens is 252 g/mol. The Morgan fingerprint density at radius 3 is 2.68 bits per heavy atom. The van der Waals surface area contributed by atoms with Crippen LogP contribution in [0, 0.1) is 5.92 Å². The molecule has 3 N–H and O–H groups in total. The van der Waals surface area contributed by atoms with Crippen LogP contribution in [0.1, 0.15) is 19.3 Å². The molecule has 7 nitrogen and oxygen atoms in total. The number of methoxy groups -OCH3 is 1. The second-order valence-electron chi connectivity index (χ2n) is 4.64. The van der Waals surface area contributed by atoms with Crippen molar-refractivity contribution in [2.75, 3.05) is 33.4 Å². The molecule has 1 saturated carbocycles. The fourth-order valence-electron chi connectivity index (χ4n) is 2.32. The zero-order valence-electron chi connectivity index (χ0n) is 11.2. The van der Waals surface area contributed by atoms with Gasteiger partial charge in [-0.2, -0.15) is 0 Å². The summed E-state index contributed by atoms with van der Waals surface area (Å²) in [5.74, 6) is -1.38. The lowest BCUT2D eigenvalue weighted by molar-refractivity contribution is -0.142. The second kappa shape index (κ2) is 7.96. The van der Waals surface area contributed by atoms with Gasteiger partial charge in [0.2, 0.25) is 0 Å². The molecule has 0 aromatic heterocycles. The maximum absolute atomic E-state index is 12.0. The minimum absolute atomic E-state index is 0.135. The molecule has 110 valence electrons. The van der Waals surface area contributed by atoms with Crippen molar-refractivity contribution in [2.45, 2.75) is 25.3 Å². The van der Waals surface area contributed by atoms with Gasteiger partial charge >= 0.3 is 12.0 Å². The van der Waals surface area contributed by atoms with E-state index < -0.39 is 11.9 Å². The first-order chi connectivity index (χ1) is 9.10. The number of aliphatic carboxylic acids is 1. The van der Waals surface area contributed by atoms with Gasteiger partial charge in [0.05, 0.1) is 19.1 Å². The third-order valence-corrected chi connectivity index (χ3v) is 3.36. The third kappa shape index (κ3) is 4.68. The summed E-state index contributed by atoms with van der Waals surface area (Å²) in [4.78, 5) is 24.5. The fourth-order valence-corrected chi connectivity index (χ4v) is 2.32. The Bertz CT molecular complexity index is 310. The summed E-state index contributed by atoms with van der Waals surface area (Å²) in [5.41, 5.74) is 0. The van der Waals surface area contributed by atoms with E-state index >= 15 is 0 Å². The van der Waals surface area contributed by atoms with Crippen LogP contribution in [0.25, 0.3) is 0 Å². The summed E-state index contributed by atoms with van der Waals surface area (Å²) in [6.07, 6.45) is 2.08. The van der Waals surface area contributed by atoms with E-state index in [1.54, 1.807) is 0 Å². The highest BCUT2D eigenvalue weighted by molar-refractivity contribution is 5.77. The lowest BCUT2D eigenvalue weighted by atomic mass is 10.0. The van der Waals surface area contributed by atoms with Crippen LogP contribution in [-0.4, -0.2) is 66.6 Å². The first-order valence-electron chi connectivity index (χ1n) is 6.48. The Hall–Kier alpha value is -1.34.